The van der Waals surface area contributed by atoms with Crippen molar-refractivity contribution in [3.05, 3.63) is 112 Å². The smallest absolute Gasteiger partial charge is 0.274 e. The minimum absolute atomic E-state index is 0.0558. The molecule has 5 aromatic rings. The Hall–Kier alpha value is -5.07. The Kier molecular flexibility index (Phi) is 9.83. The number of anilines is 1. The molecule has 3 aromatic heterocycles. The molecule has 0 saturated carbocycles. The standard InChI is InChI=1S/C35H34ClFN8O3/c1-20-6-4-8-28(41-35(47)33-21(2)45(44-43-33)31-9-5-7-27(36)32(31)37)30-16-23(12-13-38-30)26-11-10-22(15-29(26)42-34(20)46)14-24-17-25(18-48-3)40-19-39-24/h5,7,9-13,15-17,19-20,28H,4,6,8,14,18H2,1-3H3,(H,41,47)(H,42,46)/t20-,28+/m1/s1. The summed E-state index contributed by atoms with van der Waals surface area (Å²) >= 11 is 5.97. The van der Waals surface area contributed by atoms with Crippen molar-refractivity contribution in [3.63, 3.8) is 0 Å². The fourth-order valence-electron chi connectivity index (χ4n) is 5.80. The van der Waals surface area contributed by atoms with Crippen LogP contribution in [0.15, 0.2) is 67.1 Å². The first kappa shape index (κ1) is 32.9. The van der Waals surface area contributed by atoms with E-state index < -0.39 is 17.8 Å². The van der Waals surface area contributed by atoms with Gasteiger partial charge in [-0.15, -0.1) is 5.10 Å². The Balaban J connectivity index is 1.30. The van der Waals surface area contributed by atoms with E-state index in [2.05, 4.69) is 35.9 Å². The number of carbonyl (C=O) groups excluding carboxylic acids is 2. The summed E-state index contributed by atoms with van der Waals surface area (Å²) in [6.45, 7) is 3.93. The number of halogens is 2. The van der Waals surface area contributed by atoms with Gasteiger partial charge in [-0.1, -0.05) is 48.4 Å². The summed E-state index contributed by atoms with van der Waals surface area (Å²) in [4.78, 5) is 40.3. The minimum Gasteiger partial charge on any atom is -0.378 e. The van der Waals surface area contributed by atoms with E-state index in [1.54, 1.807) is 26.3 Å². The van der Waals surface area contributed by atoms with Gasteiger partial charge in [0.2, 0.25) is 5.91 Å². The van der Waals surface area contributed by atoms with Gasteiger partial charge in [-0.05, 0) is 67.3 Å². The summed E-state index contributed by atoms with van der Waals surface area (Å²) in [6, 6.07) is 15.7. The van der Waals surface area contributed by atoms with Crippen molar-refractivity contribution in [3.8, 4) is 16.8 Å². The van der Waals surface area contributed by atoms with Gasteiger partial charge in [0, 0.05) is 42.6 Å². The number of methoxy groups -OCH3 is 1. The van der Waals surface area contributed by atoms with E-state index in [1.807, 2.05) is 43.3 Å². The predicted molar refractivity (Wildman–Crippen MR) is 178 cm³/mol. The number of amides is 2. The van der Waals surface area contributed by atoms with Crippen molar-refractivity contribution < 1.29 is 18.7 Å². The molecule has 6 rings (SSSR count). The second kappa shape index (κ2) is 14.4. The largest absolute Gasteiger partial charge is 0.378 e. The van der Waals surface area contributed by atoms with E-state index in [0.717, 1.165) is 28.1 Å². The maximum atomic E-state index is 14.7. The van der Waals surface area contributed by atoms with Crippen LogP contribution in [0.1, 0.15) is 71.1 Å². The highest BCUT2D eigenvalue weighted by atomic mass is 35.5. The van der Waals surface area contributed by atoms with Crippen LogP contribution in [-0.2, 0) is 22.6 Å². The first-order valence-electron chi connectivity index (χ1n) is 15.6. The van der Waals surface area contributed by atoms with Crippen LogP contribution in [0, 0.1) is 18.7 Å². The van der Waals surface area contributed by atoms with Crippen LogP contribution in [0.4, 0.5) is 10.1 Å². The van der Waals surface area contributed by atoms with E-state index in [9.17, 15) is 14.0 Å². The van der Waals surface area contributed by atoms with E-state index in [1.165, 1.54) is 23.1 Å². The van der Waals surface area contributed by atoms with Gasteiger partial charge in [0.05, 0.1) is 34.8 Å². The number of ether oxygens (including phenoxy) is 1. The molecule has 2 atom stereocenters. The fraction of sp³-hybridized carbons (Fsp3) is 0.286. The van der Waals surface area contributed by atoms with Gasteiger partial charge in [-0.2, -0.15) is 0 Å². The Morgan fingerprint density at radius 1 is 1.10 bits per heavy atom. The lowest BCUT2D eigenvalue weighted by Crippen LogP contribution is -2.30. The molecule has 246 valence electrons. The van der Waals surface area contributed by atoms with Gasteiger partial charge in [0.15, 0.2) is 11.5 Å². The maximum Gasteiger partial charge on any atom is 0.274 e. The molecule has 48 heavy (non-hydrogen) atoms. The lowest BCUT2D eigenvalue weighted by atomic mass is 9.94. The number of rotatable bonds is 7. The SMILES string of the molecule is COCc1cc(Cc2ccc3c(c2)NC(=O)[C@H](C)CCC[C@H](NC(=O)c2nnn(-c4cccc(Cl)c4F)c2C)c2cc-3ccn2)ncn1. The lowest BCUT2D eigenvalue weighted by molar-refractivity contribution is -0.119. The number of fused-ring (bicyclic) bond motifs is 4. The van der Waals surface area contributed by atoms with Gasteiger partial charge in [0.25, 0.3) is 5.91 Å². The highest BCUT2D eigenvalue weighted by molar-refractivity contribution is 6.30. The molecule has 0 saturated heterocycles. The number of aromatic nitrogens is 6. The fourth-order valence-corrected chi connectivity index (χ4v) is 5.97. The molecule has 2 amide bonds. The first-order valence-corrected chi connectivity index (χ1v) is 16.0. The average Bonchev–Trinajstić information content (AvgIpc) is 3.46. The molecule has 0 unspecified atom stereocenters. The maximum absolute atomic E-state index is 14.7. The van der Waals surface area contributed by atoms with Crippen LogP contribution in [0.5, 0.6) is 0 Å². The average molecular weight is 669 g/mol. The molecule has 2 N–H and O–H groups in total. The van der Waals surface area contributed by atoms with Crippen molar-refractivity contribution in [1.29, 1.82) is 0 Å². The number of hydrogen-bond acceptors (Lipinski definition) is 8. The van der Waals surface area contributed by atoms with Gasteiger partial charge in [-0.25, -0.2) is 19.0 Å². The van der Waals surface area contributed by atoms with Crippen LogP contribution in [0.25, 0.3) is 16.8 Å². The topological polar surface area (TPSA) is 137 Å². The molecule has 4 heterocycles. The molecule has 0 radical (unpaired) electrons. The van der Waals surface area contributed by atoms with Gasteiger partial charge in [-0.3, -0.25) is 14.6 Å². The molecule has 0 aliphatic carbocycles. The summed E-state index contributed by atoms with van der Waals surface area (Å²) in [5.74, 6) is -1.50. The molecule has 0 spiro atoms. The molecule has 2 bridgehead atoms. The number of pyridine rings is 1. The normalized spacial score (nSPS) is 16.3. The number of nitrogens with one attached hydrogen (secondary N) is 2. The quantitative estimate of drug-likeness (QED) is 0.210. The van der Waals surface area contributed by atoms with Gasteiger partial charge in [0.1, 0.15) is 12.0 Å². The molecule has 13 heteroatoms. The van der Waals surface area contributed by atoms with Crippen LogP contribution in [-0.4, -0.2) is 48.9 Å². The zero-order valence-electron chi connectivity index (χ0n) is 26.7. The van der Waals surface area contributed by atoms with E-state index in [4.69, 9.17) is 16.3 Å². The van der Waals surface area contributed by atoms with Crippen molar-refractivity contribution >= 4 is 29.1 Å². The summed E-state index contributed by atoms with van der Waals surface area (Å²) < 4.78 is 21.2. The Bertz CT molecular complexity index is 1980. The molecular formula is C35H34ClFN8O3. The van der Waals surface area contributed by atoms with Gasteiger partial charge < -0.3 is 15.4 Å². The molecule has 1 aliphatic heterocycles. The summed E-state index contributed by atoms with van der Waals surface area (Å²) in [5.41, 5.74) is 6.08. The molecule has 2 aromatic carbocycles. The van der Waals surface area contributed by atoms with Crippen LogP contribution in [0.2, 0.25) is 5.02 Å². The zero-order valence-corrected chi connectivity index (χ0v) is 27.5. The van der Waals surface area contributed by atoms with Crippen LogP contribution >= 0.6 is 11.6 Å². The summed E-state index contributed by atoms with van der Waals surface area (Å²) in [5, 5.41) is 14.3. The monoisotopic (exact) mass is 668 g/mol. The molecular weight excluding hydrogens is 635 g/mol. The minimum atomic E-state index is -0.657. The highest BCUT2D eigenvalue weighted by Crippen LogP contribution is 2.33. The van der Waals surface area contributed by atoms with E-state index >= 15 is 0 Å². The Morgan fingerprint density at radius 3 is 2.77 bits per heavy atom. The Morgan fingerprint density at radius 2 is 1.94 bits per heavy atom. The second-order valence-corrected chi connectivity index (χ2v) is 12.2. The van der Waals surface area contributed by atoms with Crippen molar-refractivity contribution in [2.45, 2.75) is 52.2 Å². The van der Waals surface area contributed by atoms with Crippen molar-refractivity contribution in [2.24, 2.45) is 5.92 Å². The third-order valence-corrected chi connectivity index (χ3v) is 8.69. The van der Waals surface area contributed by atoms with Crippen molar-refractivity contribution in [2.75, 3.05) is 12.4 Å². The molecule has 0 fully saturated rings. The number of hydrogen-bond donors (Lipinski definition) is 2. The van der Waals surface area contributed by atoms with E-state index in [0.29, 0.717) is 49.4 Å². The second-order valence-electron chi connectivity index (χ2n) is 11.8. The Labute approximate surface area is 281 Å². The highest BCUT2D eigenvalue weighted by Gasteiger charge is 2.25. The zero-order chi connectivity index (χ0) is 33.8. The first-order chi connectivity index (χ1) is 23.2. The molecule has 1 aliphatic rings. The lowest BCUT2D eigenvalue weighted by Gasteiger charge is -2.22. The number of carbonyl (C=O) groups is 2. The predicted octanol–water partition coefficient (Wildman–Crippen LogP) is 6.19. The molecule has 11 nitrogen and oxygen atoms in total. The van der Waals surface area contributed by atoms with E-state index in [-0.39, 0.29) is 28.2 Å². The van der Waals surface area contributed by atoms with Crippen molar-refractivity contribution in [1.82, 2.24) is 35.3 Å². The van der Waals surface area contributed by atoms with Crippen LogP contribution in [0.3, 0.4) is 0 Å². The third kappa shape index (κ3) is 7.09. The summed E-state index contributed by atoms with van der Waals surface area (Å²) in [7, 11) is 1.62. The van der Waals surface area contributed by atoms with Gasteiger partial charge >= 0.3 is 0 Å². The number of benzene rings is 2. The summed E-state index contributed by atoms with van der Waals surface area (Å²) in [6.07, 6.45) is 5.54. The number of nitrogens with zero attached hydrogens (tertiary/aromatic N) is 6. The van der Waals surface area contributed by atoms with Crippen LogP contribution < -0.4 is 10.6 Å². The third-order valence-electron chi connectivity index (χ3n) is 8.40.